The lowest BCUT2D eigenvalue weighted by molar-refractivity contribution is -0.148. The first-order valence-corrected chi connectivity index (χ1v) is 15.4. The van der Waals surface area contributed by atoms with Crippen LogP contribution in [0.3, 0.4) is 0 Å². The van der Waals surface area contributed by atoms with Gasteiger partial charge < -0.3 is 18.9 Å². The molecule has 234 valence electrons. The number of carbonyl (C=O) groups excluding carboxylic acids is 2. The molecule has 3 atom stereocenters. The van der Waals surface area contributed by atoms with E-state index in [2.05, 4.69) is 0 Å². The molecule has 0 N–H and O–H groups in total. The number of ketones is 1. The van der Waals surface area contributed by atoms with Crippen molar-refractivity contribution in [2.24, 2.45) is 0 Å². The molecule has 46 heavy (non-hydrogen) atoms. The van der Waals surface area contributed by atoms with Gasteiger partial charge in [0.05, 0.1) is 38.1 Å². The van der Waals surface area contributed by atoms with E-state index in [0.29, 0.717) is 17.7 Å². The van der Waals surface area contributed by atoms with E-state index in [1.807, 2.05) is 115 Å². The van der Waals surface area contributed by atoms with Gasteiger partial charge in [-0.15, -0.1) is 0 Å². The molecule has 5 aromatic rings. The molecule has 6 heteroatoms. The van der Waals surface area contributed by atoms with Gasteiger partial charge in [-0.1, -0.05) is 140 Å². The van der Waals surface area contributed by atoms with Gasteiger partial charge in [0.15, 0.2) is 11.9 Å². The van der Waals surface area contributed by atoms with Crippen LogP contribution in [0.1, 0.15) is 43.8 Å². The van der Waals surface area contributed by atoms with Crippen LogP contribution in [-0.4, -0.2) is 36.7 Å². The largest absolute Gasteiger partial charge is 0.453 e. The van der Waals surface area contributed by atoms with Crippen LogP contribution in [-0.2, 0) is 38.8 Å². The van der Waals surface area contributed by atoms with Gasteiger partial charge in [-0.05, 0) is 28.8 Å². The molecule has 0 unspecified atom stereocenters. The van der Waals surface area contributed by atoms with Crippen molar-refractivity contribution < 1.29 is 28.5 Å². The highest BCUT2D eigenvalue weighted by atomic mass is 16.6. The number of ether oxygens (including phenoxy) is 4. The topological polar surface area (TPSA) is 71.1 Å². The molecule has 0 saturated heterocycles. The van der Waals surface area contributed by atoms with Crippen molar-refractivity contribution in [2.75, 3.05) is 6.61 Å². The average molecular weight is 615 g/mol. The quantitative estimate of drug-likeness (QED) is 0.0784. The van der Waals surface area contributed by atoms with Gasteiger partial charge in [-0.3, -0.25) is 4.79 Å². The second-order valence-corrected chi connectivity index (χ2v) is 10.9. The zero-order chi connectivity index (χ0) is 31.8. The molecule has 0 aliphatic rings. The van der Waals surface area contributed by atoms with E-state index in [4.69, 9.17) is 18.9 Å². The van der Waals surface area contributed by atoms with Crippen LogP contribution in [0.2, 0.25) is 0 Å². The molecular weight excluding hydrogens is 576 g/mol. The van der Waals surface area contributed by atoms with Crippen molar-refractivity contribution >= 4 is 11.8 Å². The molecule has 6 nitrogen and oxygen atoms in total. The van der Waals surface area contributed by atoms with Gasteiger partial charge in [-0.2, -0.15) is 0 Å². The summed E-state index contributed by atoms with van der Waals surface area (Å²) in [4.78, 5) is 27.1. The lowest BCUT2D eigenvalue weighted by atomic mass is 9.98. The number of hydrogen-bond acceptors (Lipinski definition) is 6. The molecule has 0 fully saturated rings. The Morgan fingerprint density at radius 2 is 0.913 bits per heavy atom. The van der Waals surface area contributed by atoms with E-state index < -0.39 is 24.3 Å². The molecule has 0 amide bonds. The summed E-state index contributed by atoms with van der Waals surface area (Å²) in [6, 6.07) is 47.2. The first-order valence-electron chi connectivity index (χ1n) is 15.4. The van der Waals surface area contributed by atoms with Gasteiger partial charge in [0, 0.05) is 12.0 Å². The van der Waals surface area contributed by atoms with Crippen molar-refractivity contribution in [1.82, 2.24) is 0 Å². The van der Waals surface area contributed by atoms with E-state index in [1.54, 1.807) is 36.4 Å². The minimum atomic E-state index is -0.899. The van der Waals surface area contributed by atoms with Crippen LogP contribution in [0.4, 0.5) is 0 Å². The highest BCUT2D eigenvalue weighted by Crippen LogP contribution is 2.23. The summed E-state index contributed by atoms with van der Waals surface area (Å²) < 4.78 is 25.4. The SMILES string of the molecule is O=C(C[C@@H](OCc1ccccc1)[C@H](OCc1ccccc1)[C@@H](COCc1ccccc1)OC(=O)c1ccccc1)c1ccccc1. The Hall–Kier alpha value is -4.88. The van der Waals surface area contributed by atoms with E-state index in [-0.39, 0.29) is 32.0 Å². The van der Waals surface area contributed by atoms with Gasteiger partial charge in [0.1, 0.15) is 6.10 Å². The Bertz CT molecular complexity index is 1600. The molecule has 0 aliphatic heterocycles. The van der Waals surface area contributed by atoms with E-state index in [9.17, 15) is 9.59 Å². The summed E-state index contributed by atoms with van der Waals surface area (Å²) in [6.07, 6.45) is -2.51. The minimum Gasteiger partial charge on any atom is -0.453 e. The van der Waals surface area contributed by atoms with Crippen LogP contribution in [0, 0.1) is 0 Å². The van der Waals surface area contributed by atoms with E-state index in [0.717, 1.165) is 16.7 Å². The zero-order valence-corrected chi connectivity index (χ0v) is 25.7. The maximum Gasteiger partial charge on any atom is 0.338 e. The Morgan fingerprint density at radius 1 is 0.478 bits per heavy atom. The summed E-state index contributed by atoms with van der Waals surface area (Å²) in [5.41, 5.74) is 3.82. The van der Waals surface area contributed by atoms with Crippen molar-refractivity contribution in [3.05, 3.63) is 179 Å². The van der Waals surface area contributed by atoms with Crippen LogP contribution in [0.5, 0.6) is 0 Å². The minimum absolute atomic E-state index is 0.00831. The fourth-order valence-corrected chi connectivity index (χ4v) is 5.04. The van der Waals surface area contributed by atoms with Gasteiger partial charge >= 0.3 is 5.97 Å². The normalized spacial score (nSPS) is 13.0. The predicted octanol–water partition coefficient (Wildman–Crippen LogP) is 7.87. The lowest BCUT2D eigenvalue weighted by Crippen LogP contribution is -2.46. The number of Topliss-reactive ketones (excluding diaryl/α,β-unsaturated/α-hetero) is 1. The van der Waals surface area contributed by atoms with Crippen molar-refractivity contribution in [1.29, 1.82) is 0 Å². The van der Waals surface area contributed by atoms with Crippen LogP contribution >= 0.6 is 0 Å². The van der Waals surface area contributed by atoms with Gasteiger partial charge in [0.2, 0.25) is 0 Å². The van der Waals surface area contributed by atoms with E-state index >= 15 is 0 Å². The van der Waals surface area contributed by atoms with Gasteiger partial charge in [-0.25, -0.2) is 4.79 Å². The molecule has 0 saturated carbocycles. The molecule has 0 bridgehead atoms. The summed E-state index contributed by atoms with van der Waals surface area (Å²) in [5.74, 6) is -0.622. The standard InChI is InChI=1S/C40H38O6/c41-36(34-22-12-4-13-23-34)26-37(44-28-32-18-8-2-9-19-32)39(45-29-33-20-10-3-11-21-33)38(30-43-27-31-16-6-1-7-17-31)46-40(42)35-24-14-5-15-25-35/h1-25,37-39H,26-30H2/t37-,38-,39+/m1/s1. The fraction of sp³-hybridized carbons (Fsp3) is 0.200. The van der Waals surface area contributed by atoms with Crippen LogP contribution < -0.4 is 0 Å². The summed E-state index contributed by atoms with van der Waals surface area (Å²) in [6.45, 7) is 0.791. The monoisotopic (exact) mass is 614 g/mol. The maximum absolute atomic E-state index is 13.6. The molecular formula is C40H38O6. The van der Waals surface area contributed by atoms with Crippen molar-refractivity contribution in [3.8, 4) is 0 Å². The Morgan fingerprint density at radius 3 is 1.43 bits per heavy atom. The Labute approximate surface area is 270 Å². The Balaban J connectivity index is 1.47. The third-order valence-corrected chi connectivity index (χ3v) is 7.47. The average Bonchev–Trinajstić information content (AvgIpc) is 3.12. The first-order chi connectivity index (χ1) is 22.7. The van der Waals surface area contributed by atoms with E-state index in [1.165, 1.54) is 0 Å². The Kier molecular flexibility index (Phi) is 12.4. The summed E-state index contributed by atoms with van der Waals surface area (Å²) in [5, 5.41) is 0. The van der Waals surface area contributed by atoms with Crippen LogP contribution in [0.15, 0.2) is 152 Å². The maximum atomic E-state index is 13.6. The third kappa shape index (κ3) is 10.1. The summed E-state index contributed by atoms with van der Waals surface area (Å²) >= 11 is 0. The molecule has 5 aromatic carbocycles. The first kappa shape index (κ1) is 32.5. The number of benzene rings is 5. The smallest absolute Gasteiger partial charge is 0.338 e. The number of hydrogen-bond donors (Lipinski definition) is 0. The zero-order valence-electron chi connectivity index (χ0n) is 25.7. The number of carbonyl (C=O) groups is 2. The fourth-order valence-electron chi connectivity index (χ4n) is 5.04. The predicted molar refractivity (Wildman–Crippen MR) is 177 cm³/mol. The molecule has 0 heterocycles. The van der Waals surface area contributed by atoms with Gasteiger partial charge in [0.25, 0.3) is 0 Å². The van der Waals surface area contributed by atoms with Crippen molar-refractivity contribution in [3.63, 3.8) is 0 Å². The second kappa shape index (κ2) is 17.6. The second-order valence-electron chi connectivity index (χ2n) is 10.9. The molecule has 5 rings (SSSR count). The highest BCUT2D eigenvalue weighted by molar-refractivity contribution is 5.96. The summed E-state index contributed by atoms with van der Waals surface area (Å²) in [7, 11) is 0. The number of rotatable bonds is 17. The number of esters is 1. The third-order valence-electron chi connectivity index (χ3n) is 7.47. The van der Waals surface area contributed by atoms with Crippen LogP contribution in [0.25, 0.3) is 0 Å². The molecule has 0 aromatic heterocycles. The molecule has 0 spiro atoms. The lowest BCUT2D eigenvalue weighted by Gasteiger charge is -2.33. The van der Waals surface area contributed by atoms with Crippen molar-refractivity contribution in [2.45, 2.75) is 44.6 Å². The molecule has 0 radical (unpaired) electrons. The molecule has 0 aliphatic carbocycles. The highest BCUT2D eigenvalue weighted by Gasteiger charge is 2.36.